The fraction of sp³-hybridized carbons (Fsp3) is 0.917. The molecule has 0 aliphatic rings. The molecule has 84 valence electrons. The lowest BCUT2D eigenvalue weighted by Gasteiger charge is -2.00. The summed E-state index contributed by atoms with van der Waals surface area (Å²) >= 11 is 0. The van der Waals surface area contributed by atoms with Crippen molar-refractivity contribution >= 4 is 5.97 Å². The molecule has 0 spiro atoms. The van der Waals surface area contributed by atoms with Crippen molar-refractivity contribution in [2.24, 2.45) is 0 Å². The zero-order valence-electron chi connectivity index (χ0n) is 9.43. The zero-order valence-corrected chi connectivity index (χ0v) is 9.43. The highest BCUT2D eigenvalue weighted by Gasteiger charge is 1.96. The summed E-state index contributed by atoms with van der Waals surface area (Å²) in [6, 6.07) is 0. The molecule has 0 aromatic heterocycles. The summed E-state index contributed by atoms with van der Waals surface area (Å²) < 4.78 is 0. The van der Waals surface area contributed by atoms with Crippen LogP contribution in [-0.2, 0) is 4.79 Å². The van der Waals surface area contributed by atoms with Crippen LogP contribution in [0.25, 0.3) is 0 Å². The maximum Gasteiger partial charge on any atom is 0.303 e. The lowest BCUT2D eigenvalue weighted by Crippen LogP contribution is -1.93. The largest absolute Gasteiger partial charge is 0.481 e. The third-order valence-electron chi connectivity index (χ3n) is 2.49. The molecule has 0 aromatic rings. The van der Waals surface area contributed by atoms with Crippen LogP contribution in [0.1, 0.15) is 71.1 Å². The Morgan fingerprint density at radius 2 is 1.29 bits per heavy atom. The van der Waals surface area contributed by atoms with Crippen LogP contribution in [0.3, 0.4) is 0 Å². The van der Waals surface area contributed by atoms with E-state index in [1.807, 2.05) is 0 Å². The van der Waals surface area contributed by atoms with Gasteiger partial charge in [0.05, 0.1) is 0 Å². The van der Waals surface area contributed by atoms with E-state index in [2.05, 4.69) is 6.92 Å². The summed E-state index contributed by atoms with van der Waals surface area (Å²) in [5.74, 6) is -0.659. The van der Waals surface area contributed by atoms with Gasteiger partial charge in [0, 0.05) is 6.42 Å². The van der Waals surface area contributed by atoms with E-state index in [1.165, 1.54) is 44.9 Å². The van der Waals surface area contributed by atoms with E-state index in [1.54, 1.807) is 0 Å². The second kappa shape index (κ2) is 10.6. The van der Waals surface area contributed by atoms with Gasteiger partial charge in [-0.15, -0.1) is 0 Å². The summed E-state index contributed by atoms with van der Waals surface area (Å²) in [7, 11) is 0. The number of unbranched alkanes of at least 4 members (excludes halogenated alkanes) is 8. The van der Waals surface area contributed by atoms with Gasteiger partial charge in [-0.25, -0.2) is 0 Å². The molecule has 0 aromatic carbocycles. The summed E-state index contributed by atoms with van der Waals surface area (Å²) in [4.78, 5) is 10.2. The van der Waals surface area contributed by atoms with Crippen LogP contribution in [0.5, 0.6) is 0 Å². The first-order valence-electron chi connectivity index (χ1n) is 5.99. The minimum Gasteiger partial charge on any atom is -0.481 e. The van der Waals surface area contributed by atoms with Gasteiger partial charge in [0.1, 0.15) is 0 Å². The van der Waals surface area contributed by atoms with Crippen molar-refractivity contribution < 1.29 is 9.90 Å². The van der Waals surface area contributed by atoms with Crippen molar-refractivity contribution in [1.29, 1.82) is 0 Å². The average Bonchev–Trinajstić information content (AvgIpc) is 2.15. The number of rotatable bonds is 10. The molecule has 0 saturated heterocycles. The van der Waals surface area contributed by atoms with Gasteiger partial charge in [0.15, 0.2) is 0 Å². The van der Waals surface area contributed by atoms with Crippen LogP contribution in [0.2, 0.25) is 0 Å². The second-order valence-corrected chi connectivity index (χ2v) is 3.97. The van der Waals surface area contributed by atoms with Crippen molar-refractivity contribution in [3.8, 4) is 0 Å². The third kappa shape index (κ3) is 11.5. The minimum absolute atomic E-state index is 0.343. The van der Waals surface area contributed by atoms with Gasteiger partial charge in [-0.3, -0.25) is 4.79 Å². The number of hydrogen-bond acceptors (Lipinski definition) is 1. The molecule has 0 atom stereocenters. The van der Waals surface area contributed by atoms with Crippen molar-refractivity contribution in [3.63, 3.8) is 0 Å². The number of carboxylic acid groups (broad SMARTS) is 1. The first kappa shape index (κ1) is 13.5. The van der Waals surface area contributed by atoms with Gasteiger partial charge < -0.3 is 5.11 Å². The van der Waals surface area contributed by atoms with Crippen LogP contribution in [0.15, 0.2) is 0 Å². The van der Waals surface area contributed by atoms with E-state index < -0.39 is 5.97 Å². The Hall–Kier alpha value is -0.530. The van der Waals surface area contributed by atoms with Gasteiger partial charge in [-0.05, 0) is 6.42 Å². The molecular weight excluding hydrogens is 177 g/mol. The molecule has 0 bridgehead atoms. The van der Waals surface area contributed by atoms with Crippen molar-refractivity contribution in [2.45, 2.75) is 71.1 Å². The second-order valence-electron chi connectivity index (χ2n) is 3.97. The van der Waals surface area contributed by atoms with Crippen LogP contribution in [0, 0.1) is 0 Å². The normalized spacial score (nSPS) is 10.4. The van der Waals surface area contributed by atoms with Crippen molar-refractivity contribution in [2.75, 3.05) is 0 Å². The van der Waals surface area contributed by atoms with Gasteiger partial charge >= 0.3 is 5.97 Å². The maximum absolute atomic E-state index is 10.2. The van der Waals surface area contributed by atoms with Crippen molar-refractivity contribution in [3.05, 3.63) is 0 Å². The monoisotopic (exact) mass is 201 g/mol. The third-order valence-corrected chi connectivity index (χ3v) is 2.49. The van der Waals surface area contributed by atoms with Crippen molar-refractivity contribution in [1.82, 2.24) is 0 Å². The Morgan fingerprint density at radius 1 is 0.857 bits per heavy atom. The van der Waals surface area contributed by atoms with E-state index in [-0.39, 0.29) is 0 Å². The predicted molar refractivity (Wildman–Crippen MR) is 59.5 cm³/mol. The zero-order chi connectivity index (χ0) is 10.6. The summed E-state index contributed by atoms with van der Waals surface area (Å²) in [5, 5.41) is 8.41. The Morgan fingerprint density at radius 3 is 1.71 bits per heavy atom. The molecular formula is C12H24O2. The van der Waals surface area contributed by atoms with E-state index in [4.69, 9.17) is 5.11 Å². The highest BCUT2D eigenvalue weighted by Crippen LogP contribution is 2.10. The molecule has 0 amide bonds. The fourth-order valence-corrected chi connectivity index (χ4v) is 1.59. The number of aliphatic carboxylic acids is 1. The molecule has 0 rings (SSSR count). The Balaban J connectivity index is 2.88. The van der Waals surface area contributed by atoms with E-state index in [0.717, 1.165) is 12.8 Å². The predicted octanol–water partition coefficient (Wildman–Crippen LogP) is 3.99. The Bertz CT molecular complexity index is 132. The molecule has 0 saturated carbocycles. The summed E-state index contributed by atoms with van der Waals surface area (Å²) in [6.45, 7) is 2.23. The standard InChI is InChI=1S/C12H24O2/c1-2-3-4-5-6-7-8-9-10-11-12(13)14/h2-11H2,1H3,(H,13,14)/i11+1. The van der Waals surface area contributed by atoms with E-state index in [0.29, 0.717) is 6.42 Å². The molecule has 2 heteroatoms. The van der Waals surface area contributed by atoms with Crippen LogP contribution in [-0.4, -0.2) is 11.1 Å². The quantitative estimate of drug-likeness (QED) is 0.428. The Kier molecular flexibility index (Phi) is 10.2. The number of carbonyl (C=O) groups is 1. The van der Waals surface area contributed by atoms with Gasteiger partial charge in [-0.1, -0.05) is 58.3 Å². The van der Waals surface area contributed by atoms with Gasteiger partial charge in [-0.2, -0.15) is 0 Å². The lowest BCUT2D eigenvalue weighted by molar-refractivity contribution is -0.137. The van der Waals surface area contributed by atoms with Gasteiger partial charge in [0.25, 0.3) is 0 Å². The molecule has 0 fully saturated rings. The molecule has 2 nitrogen and oxygen atoms in total. The summed E-state index contributed by atoms with van der Waals surface area (Å²) in [6.07, 6.45) is 11.5. The molecule has 0 aliphatic carbocycles. The lowest BCUT2D eigenvalue weighted by atomic mass is 10.1. The van der Waals surface area contributed by atoms with Gasteiger partial charge in [0.2, 0.25) is 0 Å². The van der Waals surface area contributed by atoms with E-state index >= 15 is 0 Å². The van der Waals surface area contributed by atoms with Crippen LogP contribution < -0.4 is 0 Å². The molecule has 0 unspecified atom stereocenters. The first-order valence-corrected chi connectivity index (χ1v) is 5.99. The fourth-order valence-electron chi connectivity index (χ4n) is 1.59. The minimum atomic E-state index is -0.659. The first-order chi connectivity index (χ1) is 6.77. The average molecular weight is 201 g/mol. The molecule has 0 aliphatic heterocycles. The van der Waals surface area contributed by atoms with E-state index in [9.17, 15) is 4.79 Å². The SMILES string of the molecule is CCCCCCCCCC[13CH2]C(=O)O. The molecule has 14 heavy (non-hydrogen) atoms. The smallest absolute Gasteiger partial charge is 0.303 e. The highest BCUT2D eigenvalue weighted by molar-refractivity contribution is 5.66. The molecule has 0 radical (unpaired) electrons. The number of carboxylic acids is 1. The Labute approximate surface area is 87.7 Å². The molecule has 0 heterocycles. The van der Waals surface area contributed by atoms with Crippen LogP contribution >= 0.6 is 0 Å². The number of hydrogen-bond donors (Lipinski definition) is 1. The summed E-state index contributed by atoms with van der Waals surface area (Å²) in [5.41, 5.74) is 0. The molecule has 1 N–H and O–H groups in total. The highest BCUT2D eigenvalue weighted by atomic mass is 16.4. The topological polar surface area (TPSA) is 37.3 Å². The van der Waals surface area contributed by atoms with Crippen LogP contribution in [0.4, 0.5) is 0 Å². The maximum atomic E-state index is 10.2.